The molecule has 0 amide bonds. The van der Waals surface area contributed by atoms with Gasteiger partial charge in [0.1, 0.15) is 11.1 Å². The molecule has 1 N–H and O–H groups in total. The van der Waals surface area contributed by atoms with Crippen molar-refractivity contribution in [3.8, 4) is 11.1 Å². The first-order valence-electron chi connectivity index (χ1n) is 8.00. The number of H-pyrrole nitrogens is 1. The molecule has 2 aromatic carbocycles. The van der Waals surface area contributed by atoms with Crippen molar-refractivity contribution in [3.05, 3.63) is 70.5 Å². The first-order valence-corrected chi connectivity index (χ1v) is 8.00. The quantitative estimate of drug-likeness (QED) is 0.573. The summed E-state index contributed by atoms with van der Waals surface area (Å²) in [6, 6.07) is 16.7. The Morgan fingerprint density at radius 3 is 2.56 bits per heavy atom. The second-order valence-electron chi connectivity index (χ2n) is 5.59. The van der Waals surface area contributed by atoms with Gasteiger partial charge in [0.15, 0.2) is 5.58 Å². The van der Waals surface area contributed by atoms with Crippen LogP contribution in [0.25, 0.3) is 33.2 Å². The predicted octanol–water partition coefficient (Wildman–Crippen LogP) is 4.12. The van der Waals surface area contributed by atoms with Crippen molar-refractivity contribution in [1.82, 2.24) is 4.98 Å². The Labute approximate surface area is 142 Å². The number of carbonyl (C=O) groups is 1. The Hall–Kier alpha value is -3.34. The van der Waals surface area contributed by atoms with Crippen LogP contribution >= 0.6 is 0 Å². The minimum absolute atomic E-state index is 0.0420. The zero-order chi connectivity index (χ0) is 17.4. The van der Waals surface area contributed by atoms with Crippen LogP contribution in [0.2, 0.25) is 0 Å². The number of hydrogen-bond donors (Lipinski definition) is 1. The molecule has 0 bridgehead atoms. The minimum Gasteiger partial charge on any atom is -0.462 e. The fourth-order valence-corrected chi connectivity index (χ4v) is 3.03. The molecule has 2 heterocycles. The molecule has 2 aromatic heterocycles. The summed E-state index contributed by atoms with van der Waals surface area (Å²) < 4.78 is 11.1. The van der Waals surface area contributed by atoms with E-state index in [4.69, 9.17) is 9.15 Å². The number of benzene rings is 2. The van der Waals surface area contributed by atoms with E-state index in [1.807, 2.05) is 54.6 Å². The normalized spacial score (nSPS) is 11.1. The first kappa shape index (κ1) is 15.2. The number of nitrogens with one attached hydrogen (secondary N) is 1. The standard InChI is InChI=1S/C20H15NO4/c1-2-24-20(23)16-15(12-8-4-3-5-9-12)18-17(21-19(16)22)13-10-6-7-11-14(13)25-18/h3-11H,2H2,1H3,(H,21,22). The Morgan fingerprint density at radius 2 is 1.80 bits per heavy atom. The monoisotopic (exact) mass is 333 g/mol. The van der Waals surface area contributed by atoms with Gasteiger partial charge in [0.25, 0.3) is 5.56 Å². The van der Waals surface area contributed by atoms with Crippen LogP contribution in [-0.4, -0.2) is 17.6 Å². The number of aromatic amines is 1. The lowest BCUT2D eigenvalue weighted by atomic mass is 10.00. The highest BCUT2D eigenvalue weighted by Gasteiger charge is 2.25. The minimum atomic E-state index is -0.662. The maximum atomic E-state index is 12.7. The highest BCUT2D eigenvalue weighted by molar-refractivity contribution is 6.12. The maximum Gasteiger partial charge on any atom is 0.344 e. The van der Waals surface area contributed by atoms with Crippen molar-refractivity contribution < 1.29 is 13.9 Å². The fraction of sp³-hybridized carbons (Fsp3) is 0.100. The molecule has 4 rings (SSSR count). The van der Waals surface area contributed by atoms with Gasteiger partial charge in [-0.2, -0.15) is 0 Å². The van der Waals surface area contributed by atoms with Crippen LogP contribution in [0.15, 0.2) is 63.8 Å². The molecule has 0 spiro atoms. The van der Waals surface area contributed by atoms with Gasteiger partial charge in [-0.3, -0.25) is 4.79 Å². The Bertz CT molecular complexity index is 1140. The van der Waals surface area contributed by atoms with E-state index in [-0.39, 0.29) is 12.2 Å². The molecule has 5 heteroatoms. The molecule has 0 aliphatic heterocycles. The van der Waals surface area contributed by atoms with Crippen molar-refractivity contribution >= 4 is 28.0 Å². The third-order valence-corrected chi connectivity index (χ3v) is 4.08. The van der Waals surface area contributed by atoms with E-state index in [0.717, 1.165) is 10.9 Å². The van der Waals surface area contributed by atoms with Crippen LogP contribution in [0.5, 0.6) is 0 Å². The Morgan fingerprint density at radius 1 is 1.08 bits per heavy atom. The summed E-state index contributed by atoms with van der Waals surface area (Å²) in [5, 5.41) is 0.794. The van der Waals surface area contributed by atoms with Gasteiger partial charge in [-0.15, -0.1) is 0 Å². The molecule has 0 saturated carbocycles. The van der Waals surface area contributed by atoms with Crippen molar-refractivity contribution in [2.45, 2.75) is 6.92 Å². The summed E-state index contributed by atoms with van der Waals surface area (Å²) in [6.07, 6.45) is 0. The molecule has 0 unspecified atom stereocenters. The zero-order valence-electron chi connectivity index (χ0n) is 13.5. The van der Waals surface area contributed by atoms with Crippen LogP contribution in [-0.2, 0) is 4.74 Å². The predicted molar refractivity (Wildman–Crippen MR) is 95.7 cm³/mol. The second-order valence-corrected chi connectivity index (χ2v) is 5.59. The molecular formula is C20H15NO4. The number of hydrogen-bond acceptors (Lipinski definition) is 4. The van der Waals surface area contributed by atoms with Crippen LogP contribution in [0.1, 0.15) is 17.3 Å². The van der Waals surface area contributed by atoms with Crippen LogP contribution in [0.4, 0.5) is 0 Å². The van der Waals surface area contributed by atoms with Crippen molar-refractivity contribution in [1.29, 1.82) is 0 Å². The van der Waals surface area contributed by atoms with Crippen LogP contribution in [0, 0.1) is 0 Å². The van der Waals surface area contributed by atoms with Gasteiger partial charge in [0.2, 0.25) is 0 Å². The molecule has 5 nitrogen and oxygen atoms in total. The van der Waals surface area contributed by atoms with E-state index in [2.05, 4.69) is 4.98 Å². The van der Waals surface area contributed by atoms with E-state index in [9.17, 15) is 9.59 Å². The SMILES string of the molecule is CCOC(=O)c1c(-c2ccccc2)c2oc3ccccc3c2[nH]c1=O. The Balaban J connectivity index is 2.17. The number of fused-ring (bicyclic) bond motifs is 3. The molecule has 0 saturated heterocycles. The summed E-state index contributed by atoms with van der Waals surface area (Å²) >= 11 is 0. The van der Waals surface area contributed by atoms with E-state index >= 15 is 0 Å². The number of aromatic nitrogens is 1. The molecule has 0 fully saturated rings. The third kappa shape index (κ3) is 2.41. The smallest absolute Gasteiger partial charge is 0.344 e. The lowest BCUT2D eigenvalue weighted by Gasteiger charge is -2.09. The zero-order valence-corrected chi connectivity index (χ0v) is 13.5. The van der Waals surface area contributed by atoms with E-state index in [1.165, 1.54) is 0 Å². The number of para-hydroxylation sites is 1. The molecule has 124 valence electrons. The Kier molecular flexibility index (Phi) is 3.61. The first-order chi connectivity index (χ1) is 12.2. The average molecular weight is 333 g/mol. The number of ether oxygens (including phenoxy) is 1. The van der Waals surface area contributed by atoms with Crippen molar-refractivity contribution in [2.24, 2.45) is 0 Å². The van der Waals surface area contributed by atoms with Crippen molar-refractivity contribution in [3.63, 3.8) is 0 Å². The second kappa shape index (κ2) is 5.94. The van der Waals surface area contributed by atoms with Crippen LogP contribution in [0.3, 0.4) is 0 Å². The maximum absolute atomic E-state index is 12.7. The summed E-state index contributed by atoms with van der Waals surface area (Å²) in [6.45, 7) is 1.89. The third-order valence-electron chi connectivity index (χ3n) is 4.08. The number of pyridine rings is 1. The number of rotatable bonds is 3. The van der Waals surface area contributed by atoms with Gasteiger partial charge in [-0.25, -0.2) is 4.79 Å². The number of carbonyl (C=O) groups excluding carboxylic acids is 1. The van der Waals surface area contributed by atoms with Gasteiger partial charge >= 0.3 is 5.97 Å². The average Bonchev–Trinajstić information content (AvgIpc) is 2.99. The topological polar surface area (TPSA) is 72.3 Å². The number of furan rings is 1. The molecule has 0 atom stereocenters. The number of esters is 1. The summed E-state index contributed by atoms with van der Waals surface area (Å²) in [7, 11) is 0. The summed E-state index contributed by atoms with van der Waals surface area (Å²) in [5.74, 6) is -0.662. The highest BCUT2D eigenvalue weighted by atomic mass is 16.5. The van der Waals surface area contributed by atoms with Crippen LogP contribution < -0.4 is 5.56 Å². The molecule has 0 aliphatic carbocycles. The van der Waals surface area contributed by atoms with E-state index < -0.39 is 11.5 Å². The molecule has 0 aliphatic rings. The molecule has 0 radical (unpaired) electrons. The van der Waals surface area contributed by atoms with Gasteiger partial charge in [0.05, 0.1) is 12.1 Å². The summed E-state index contributed by atoms with van der Waals surface area (Å²) in [5.41, 5.74) is 2.33. The lowest BCUT2D eigenvalue weighted by Crippen LogP contribution is -2.21. The largest absolute Gasteiger partial charge is 0.462 e. The summed E-state index contributed by atoms with van der Waals surface area (Å²) in [4.78, 5) is 27.9. The molecule has 4 aromatic rings. The fourth-order valence-electron chi connectivity index (χ4n) is 3.03. The molecular weight excluding hydrogens is 318 g/mol. The van der Waals surface area contributed by atoms with Gasteiger partial charge in [0, 0.05) is 10.9 Å². The van der Waals surface area contributed by atoms with Gasteiger partial charge in [-0.05, 0) is 24.6 Å². The lowest BCUT2D eigenvalue weighted by molar-refractivity contribution is 0.0525. The van der Waals surface area contributed by atoms with Gasteiger partial charge in [-0.1, -0.05) is 42.5 Å². The van der Waals surface area contributed by atoms with E-state index in [1.54, 1.807) is 6.92 Å². The molecule has 25 heavy (non-hydrogen) atoms. The van der Waals surface area contributed by atoms with E-state index in [0.29, 0.717) is 22.2 Å². The highest BCUT2D eigenvalue weighted by Crippen LogP contribution is 2.35. The van der Waals surface area contributed by atoms with Crippen molar-refractivity contribution in [2.75, 3.05) is 6.61 Å². The van der Waals surface area contributed by atoms with Gasteiger partial charge < -0.3 is 14.1 Å².